The van der Waals surface area contributed by atoms with Crippen molar-refractivity contribution in [3.8, 4) is 5.75 Å². The zero-order valence-corrected chi connectivity index (χ0v) is 12.1. The number of ether oxygens (including phenoxy) is 2. The summed E-state index contributed by atoms with van der Waals surface area (Å²) in [4.78, 5) is 27.4. The number of hydrogen-bond acceptors (Lipinski definition) is 5. The van der Waals surface area contributed by atoms with E-state index in [1.807, 2.05) is 13.0 Å². The van der Waals surface area contributed by atoms with E-state index in [-0.39, 0.29) is 6.61 Å². The maximum Gasteiger partial charge on any atom is 0.338 e. The number of amides is 1. The van der Waals surface area contributed by atoms with Crippen molar-refractivity contribution in [3.63, 3.8) is 0 Å². The number of esters is 1. The predicted octanol–water partition coefficient (Wildman–Crippen LogP) is 2.28. The average molecular weight is 300 g/mol. The van der Waals surface area contributed by atoms with Gasteiger partial charge >= 0.3 is 5.97 Å². The van der Waals surface area contributed by atoms with Crippen molar-refractivity contribution in [2.24, 2.45) is 0 Å². The van der Waals surface area contributed by atoms with E-state index in [4.69, 9.17) is 9.47 Å². The fourth-order valence-corrected chi connectivity index (χ4v) is 1.74. The topological polar surface area (TPSA) is 77.5 Å². The second-order valence-corrected chi connectivity index (χ2v) is 4.29. The lowest BCUT2D eigenvalue weighted by molar-refractivity contribution is -0.119. The first-order valence-electron chi connectivity index (χ1n) is 6.79. The van der Waals surface area contributed by atoms with Crippen LogP contribution in [0.3, 0.4) is 0 Å². The lowest BCUT2D eigenvalue weighted by Gasteiger charge is -2.11. The minimum Gasteiger partial charge on any atom is -0.492 e. The van der Waals surface area contributed by atoms with Crippen LogP contribution in [0.25, 0.3) is 0 Å². The summed E-state index contributed by atoms with van der Waals surface area (Å²) in [7, 11) is 0. The maximum absolute atomic E-state index is 11.8. The van der Waals surface area contributed by atoms with E-state index in [2.05, 4.69) is 10.3 Å². The second-order valence-electron chi connectivity index (χ2n) is 4.29. The van der Waals surface area contributed by atoms with Crippen LogP contribution in [0, 0.1) is 0 Å². The Kier molecular flexibility index (Phi) is 5.48. The number of benzene rings is 1. The molecule has 0 saturated heterocycles. The van der Waals surface area contributed by atoms with Crippen molar-refractivity contribution in [2.45, 2.75) is 6.92 Å². The Hall–Kier alpha value is -2.89. The van der Waals surface area contributed by atoms with E-state index < -0.39 is 11.9 Å². The summed E-state index contributed by atoms with van der Waals surface area (Å²) in [5.74, 6) is -0.441. The van der Waals surface area contributed by atoms with Crippen LogP contribution >= 0.6 is 0 Å². The highest BCUT2D eigenvalue weighted by Crippen LogP contribution is 2.23. The van der Waals surface area contributed by atoms with Crippen LogP contribution in [0.2, 0.25) is 0 Å². The number of aromatic nitrogens is 1. The first kappa shape index (κ1) is 15.5. The number of hydrogen-bond donors (Lipinski definition) is 1. The Morgan fingerprint density at radius 3 is 2.59 bits per heavy atom. The molecule has 6 nitrogen and oxygen atoms in total. The van der Waals surface area contributed by atoms with Crippen LogP contribution in [0.5, 0.6) is 5.75 Å². The molecule has 6 heteroatoms. The van der Waals surface area contributed by atoms with E-state index in [1.165, 1.54) is 24.5 Å². The lowest BCUT2D eigenvalue weighted by atomic mass is 10.3. The van der Waals surface area contributed by atoms with Crippen molar-refractivity contribution in [1.29, 1.82) is 0 Å². The largest absolute Gasteiger partial charge is 0.492 e. The fourth-order valence-electron chi connectivity index (χ4n) is 1.74. The molecule has 2 rings (SSSR count). The fraction of sp³-hybridized carbons (Fsp3) is 0.188. The van der Waals surface area contributed by atoms with Crippen LogP contribution < -0.4 is 10.1 Å². The summed E-state index contributed by atoms with van der Waals surface area (Å²) in [5.41, 5.74) is 0.881. The van der Waals surface area contributed by atoms with Crippen LogP contribution in [0.15, 0.2) is 48.8 Å². The minimum absolute atomic E-state index is 0.345. The number of pyridine rings is 1. The minimum atomic E-state index is -0.573. The number of carbonyl (C=O) groups excluding carboxylic acids is 2. The molecule has 0 spiro atoms. The van der Waals surface area contributed by atoms with Gasteiger partial charge < -0.3 is 14.8 Å². The first-order valence-corrected chi connectivity index (χ1v) is 6.79. The van der Waals surface area contributed by atoms with Crippen molar-refractivity contribution < 1.29 is 19.1 Å². The molecule has 0 saturated carbocycles. The van der Waals surface area contributed by atoms with Crippen LogP contribution in [-0.4, -0.2) is 30.1 Å². The van der Waals surface area contributed by atoms with E-state index in [1.54, 1.807) is 18.2 Å². The third-order valence-electron chi connectivity index (χ3n) is 2.71. The zero-order valence-electron chi connectivity index (χ0n) is 12.1. The molecule has 0 aliphatic carbocycles. The summed E-state index contributed by atoms with van der Waals surface area (Å²) < 4.78 is 10.3. The van der Waals surface area contributed by atoms with E-state index in [0.717, 1.165) is 0 Å². The van der Waals surface area contributed by atoms with Gasteiger partial charge in [0, 0.05) is 12.4 Å². The van der Waals surface area contributed by atoms with E-state index >= 15 is 0 Å². The molecule has 0 aliphatic heterocycles. The highest BCUT2D eigenvalue weighted by Gasteiger charge is 2.11. The molecule has 114 valence electrons. The van der Waals surface area contributed by atoms with Crippen LogP contribution in [0.1, 0.15) is 17.3 Å². The van der Waals surface area contributed by atoms with Gasteiger partial charge in [-0.1, -0.05) is 12.1 Å². The smallest absolute Gasteiger partial charge is 0.338 e. The lowest BCUT2D eigenvalue weighted by Crippen LogP contribution is -2.21. The normalized spacial score (nSPS) is 9.86. The monoisotopic (exact) mass is 300 g/mol. The zero-order chi connectivity index (χ0) is 15.8. The van der Waals surface area contributed by atoms with Gasteiger partial charge in [0.15, 0.2) is 6.61 Å². The number of rotatable bonds is 6. The second kappa shape index (κ2) is 7.78. The van der Waals surface area contributed by atoms with Crippen molar-refractivity contribution in [3.05, 3.63) is 54.4 Å². The third kappa shape index (κ3) is 4.31. The number of nitrogens with zero attached hydrogens (tertiary/aromatic N) is 1. The van der Waals surface area contributed by atoms with Gasteiger partial charge in [0.25, 0.3) is 5.91 Å². The molecule has 0 atom stereocenters. The van der Waals surface area contributed by atoms with Gasteiger partial charge in [-0.15, -0.1) is 0 Å². The summed E-state index contributed by atoms with van der Waals surface area (Å²) in [6, 6.07) is 10.1. The number of para-hydroxylation sites is 2. The van der Waals surface area contributed by atoms with E-state index in [0.29, 0.717) is 23.6 Å². The molecule has 0 fully saturated rings. The van der Waals surface area contributed by atoms with Gasteiger partial charge in [0.1, 0.15) is 5.75 Å². The Morgan fingerprint density at radius 2 is 1.86 bits per heavy atom. The van der Waals surface area contributed by atoms with Gasteiger partial charge in [0.2, 0.25) is 0 Å². The average Bonchev–Trinajstić information content (AvgIpc) is 2.55. The third-order valence-corrected chi connectivity index (χ3v) is 2.71. The highest BCUT2D eigenvalue weighted by atomic mass is 16.5. The summed E-state index contributed by atoms with van der Waals surface area (Å²) in [5, 5.41) is 2.65. The molecular weight excluding hydrogens is 284 g/mol. The number of anilines is 1. The Balaban J connectivity index is 1.90. The number of nitrogens with one attached hydrogen (secondary N) is 1. The first-order chi connectivity index (χ1) is 10.7. The standard InChI is InChI=1S/C16H16N2O4/c1-2-21-14-6-4-3-5-13(14)18-15(19)11-22-16(20)12-7-9-17-10-8-12/h3-10H,2,11H2,1H3,(H,18,19). The Bertz CT molecular complexity index is 644. The van der Waals surface area contributed by atoms with Crippen molar-refractivity contribution >= 4 is 17.6 Å². The molecule has 1 aromatic carbocycles. The quantitative estimate of drug-likeness (QED) is 0.828. The summed E-state index contributed by atoms with van der Waals surface area (Å²) in [6.45, 7) is 1.97. The molecular formula is C16H16N2O4. The van der Waals surface area contributed by atoms with E-state index in [9.17, 15) is 9.59 Å². The van der Waals surface area contributed by atoms with Crippen molar-refractivity contribution in [2.75, 3.05) is 18.5 Å². The van der Waals surface area contributed by atoms with Crippen LogP contribution in [-0.2, 0) is 9.53 Å². The summed E-state index contributed by atoms with van der Waals surface area (Å²) in [6.07, 6.45) is 2.96. The molecule has 0 aliphatic rings. The highest BCUT2D eigenvalue weighted by molar-refractivity contribution is 5.96. The van der Waals surface area contributed by atoms with Crippen LogP contribution in [0.4, 0.5) is 5.69 Å². The van der Waals surface area contributed by atoms with Gasteiger partial charge in [-0.05, 0) is 31.2 Å². The molecule has 0 radical (unpaired) electrons. The van der Waals surface area contributed by atoms with Gasteiger partial charge in [-0.25, -0.2) is 4.79 Å². The molecule has 0 unspecified atom stereocenters. The van der Waals surface area contributed by atoms with Gasteiger partial charge in [0.05, 0.1) is 17.9 Å². The molecule has 1 aromatic heterocycles. The molecule has 2 aromatic rings. The van der Waals surface area contributed by atoms with Gasteiger partial charge in [-0.2, -0.15) is 0 Å². The van der Waals surface area contributed by atoms with Gasteiger partial charge in [-0.3, -0.25) is 9.78 Å². The molecule has 1 heterocycles. The number of carbonyl (C=O) groups is 2. The predicted molar refractivity (Wildman–Crippen MR) is 80.8 cm³/mol. The molecule has 22 heavy (non-hydrogen) atoms. The summed E-state index contributed by atoms with van der Waals surface area (Å²) >= 11 is 0. The van der Waals surface area contributed by atoms with Crippen molar-refractivity contribution in [1.82, 2.24) is 4.98 Å². The maximum atomic E-state index is 11.8. The molecule has 1 amide bonds. The Morgan fingerprint density at radius 1 is 1.14 bits per heavy atom. The molecule has 1 N–H and O–H groups in total. The molecule has 0 bridgehead atoms. The Labute approximate surface area is 128 Å². The SMILES string of the molecule is CCOc1ccccc1NC(=O)COC(=O)c1ccncc1.